The van der Waals surface area contributed by atoms with E-state index < -0.39 is 0 Å². The molecule has 1 aliphatic rings. The van der Waals surface area contributed by atoms with Gasteiger partial charge in [-0.25, -0.2) is 0 Å². The van der Waals surface area contributed by atoms with E-state index in [4.69, 9.17) is 17.3 Å². The predicted molar refractivity (Wildman–Crippen MR) is 87.7 cm³/mol. The number of fused-ring (bicyclic) bond motifs is 1. The zero-order valence-electron chi connectivity index (χ0n) is 11.3. The first-order chi connectivity index (χ1) is 9.78. The molecule has 3 rings (SSSR count). The number of benzene rings is 2. The van der Waals surface area contributed by atoms with Gasteiger partial charge in [-0.05, 0) is 48.6 Å². The van der Waals surface area contributed by atoms with Crippen molar-refractivity contribution in [2.45, 2.75) is 28.9 Å². The van der Waals surface area contributed by atoms with Gasteiger partial charge in [0.05, 0.1) is 0 Å². The van der Waals surface area contributed by atoms with Crippen LogP contribution in [0.5, 0.6) is 0 Å². The Bertz CT molecular complexity index is 574. The van der Waals surface area contributed by atoms with E-state index in [9.17, 15) is 0 Å². The Balaban J connectivity index is 1.73. The standard InChI is InChI=1S/C17H18ClNS/c18-16-7-3-2-6-15(16)13(11-19)10-14-9-12-5-1-4-8-17(12)20-14/h1-8,13-14H,9-11,19H2. The molecule has 2 aromatic carbocycles. The number of hydrogen-bond donors (Lipinski definition) is 1. The predicted octanol–water partition coefficient (Wildman–Crippen LogP) is 4.49. The molecule has 0 spiro atoms. The van der Waals surface area contributed by atoms with Crippen LogP contribution < -0.4 is 5.73 Å². The molecule has 2 aromatic rings. The minimum absolute atomic E-state index is 0.343. The molecule has 0 radical (unpaired) electrons. The lowest BCUT2D eigenvalue weighted by Gasteiger charge is -2.20. The fourth-order valence-electron chi connectivity index (χ4n) is 2.86. The molecule has 0 fully saturated rings. The zero-order chi connectivity index (χ0) is 13.9. The van der Waals surface area contributed by atoms with Crippen molar-refractivity contribution in [3.63, 3.8) is 0 Å². The van der Waals surface area contributed by atoms with E-state index in [0.717, 1.165) is 17.9 Å². The number of hydrogen-bond acceptors (Lipinski definition) is 2. The van der Waals surface area contributed by atoms with Crippen LogP contribution in [0.3, 0.4) is 0 Å². The van der Waals surface area contributed by atoms with Gasteiger partial charge in [0.1, 0.15) is 0 Å². The van der Waals surface area contributed by atoms with Gasteiger partial charge in [-0.1, -0.05) is 48.0 Å². The van der Waals surface area contributed by atoms with Crippen LogP contribution in [0.15, 0.2) is 53.4 Å². The molecule has 0 aliphatic carbocycles. The van der Waals surface area contributed by atoms with Gasteiger partial charge in [0, 0.05) is 15.2 Å². The Labute approximate surface area is 129 Å². The van der Waals surface area contributed by atoms with Crippen molar-refractivity contribution in [2.75, 3.05) is 6.54 Å². The number of rotatable bonds is 4. The number of thioether (sulfide) groups is 1. The smallest absolute Gasteiger partial charge is 0.0441 e. The summed E-state index contributed by atoms with van der Waals surface area (Å²) in [6, 6.07) is 16.8. The van der Waals surface area contributed by atoms with Crippen LogP contribution in [-0.4, -0.2) is 11.8 Å². The van der Waals surface area contributed by atoms with E-state index >= 15 is 0 Å². The van der Waals surface area contributed by atoms with E-state index in [1.165, 1.54) is 16.0 Å². The Hall–Kier alpha value is -0.960. The minimum Gasteiger partial charge on any atom is -0.330 e. The average Bonchev–Trinajstić information content (AvgIpc) is 2.88. The summed E-state index contributed by atoms with van der Waals surface area (Å²) in [7, 11) is 0. The molecule has 1 heterocycles. The maximum atomic E-state index is 6.31. The van der Waals surface area contributed by atoms with Crippen LogP contribution in [0, 0.1) is 0 Å². The first-order valence-corrected chi connectivity index (χ1v) is 8.22. The van der Waals surface area contributed by atoms with Gasteiger partial charge in [0.2, 0.25) is 0 Å². The molecular formula is C17H18ClNS. The van der Waals surface area contributed by atoms with Gasteiger partial charge in [-0.2, -0.15) is 0 Å². The van der Waals surface area contributed by atoms with Crippen LogP contribution >= 0.6 is 23.4 Å². The molecule has 0 bridgehead atoms. The summed E-state index contributed by atoms with van der Waals surface area (Å²) in [6.45, 7) is 0.650. The van der Waals surface area contributed by atoms with Crippen LogP contribution in [0.2, 0.25) is 5.02 Å². The summed E-state index contributed by atoms with van der Waals surface area (Å²) >= 11 is 8.29. The topological polar surface area (TPSA) is 26.0 Å². The summed E-state index contributed by atoms with van der Waals surface area (Å²) in [5, 5.41) is 1.45. The molecule has 0 aromatic heterocycles. The van der Waals surface area contributed by atoms with Crippen molar-refractivity contribution in [1.29, 1.82) is 0 Å². The average molecular weight is 304 g/mol. The molecule has 104 valence electrons. The number of nitrogens with two attached hydrogens (primary N) is 1. The van der Waals surface area contributed by atoms with E-state index in [-0.39, 0.29) is 0 Å². The van der Waals surface area contributed by atoms with E-state index in [0.29, 0.717) is 17.7 Å². The first kappa shape index (κ1) is 14.0. The fraction of sp³-hybridized carbons (Fsp3) is 0.294. The van der Waals surface area contributed by atoms with Crippen LogP contribution in [0.1, 0.15) is 23.5 Å². The van der Waals surface area contributed by atoms with Crippen LogP contribution in [0.4, 0.5) is 0 Å². The Morgan fingerprint density at radius 1 is 1.15 bits per heavy atom. The Morgan fingerprint density at radius 3 is 2.65 bits per heavy atom. The summed E-state index contributed by atoms with van der Waals surface area (Å²) in [4.78, 5) is 1.42. The van der Waals surface area contributed by atoms with Crippen molar-refractivity contribution in [1.82, 2.24) is 0 Å². The van der Waals surface area contributed by atoms with Gasteiger partial charge in [0.15, 0.2) is 0 Å². The largest absolute Gasteiger partial charge is 0.330 e. The molecule has 2 atom stereocenters. The lowest BCUT2D eigenvalue weighted by atomic mass is 9.92. The molecule has 2 unspecified atom stereocenters. The highest BCUT2D eigenvalue weighted by Gasteiger charge is 2.25. The lowest BCUT2D eigenvalue weighted by molar-refractivity contribution is 0.614. The van der Waals surface area contributed by atoms with Crippen molar-refractivity contribution >= 4 is 23.4 Å². The van der Waals surface area contributed by atoms with Gasteiger partial charge < -0.3 is 5.73 Å². The van der Waals surface area contributed by atoms with Gasteiger partial charge in [-0.3, -0.25) is 0 Å². The number of halogens is 1. The summed E-state index contributed by atoms with van der Waals surface area (Å²) in [5.74, 6) is 0.343. The first-order valence-electron chi connectivity index (χ1n) is 6.97. The SMILES string of the molecule is NCC(CC1Cc2ccccc2S1)c1ccccc1Cl. The normalized spacial score (nSPS) is 18.8. The van der Waals surface area contributed by atoms with Crippen LogP contribution in [0.25, 0.3) is 0 Å². The van der Waals surface area contributed by atoms with E-state index in [2.05, 4.69) is 30.3 Å². The van der Waals surface area contributed by atoms with Crippen molar-refractivity contribution < 1.29 is 0 Å². The zero-order valence-corrected chi connectivity index (χ0v) is 12.8. The maximum Gasteiger partial charge on any atom is 0.0441 e. The fourth-order valence-corrected chi connectivity index (χ4v) is 4.56. The molecule has 20 heavy (non-hydrogen) atoms. The summed E-state index contributed by atoms with van der Waals surface area (Å²) in [6.07, 6.45) is 2.22. The second-order valence-electron chi connectivity index (χ2n) is 5.24. The molecule has 0 saturated heterocycles. The molecule has 3 heteroatoms. The van der Waals surface area contributed by atoms with Crippen LogP contribution in [-0.2, 0) is 6.42 Å². The van der Waals surface area contributed by atoms with E-state index in [1.807, 2.05) is 30.0 Å². The third kappa shape index (κ3) is 2.88. The Morgan fingerprint density at radius 2 is 1.90 bits per heavy atom. The minimum atomic E-state index is 0.343. The highest BCUT2D eigenvalue weighted by atomic mass is 35.5. The second kappa shape index (κ2) is 6.21. The van der Waals surface area contributed by atoms with E-state index in [1.54, 1.807) is 0 Å². The highest BCUT2D eigenvalue weighted by Crippen LogP contribution is 2.41. The molecule has 2 N–H and O–H groups in total. The highest BCUT2D eigenvalue weighted by molar-refractivity contribution is 8.00. The molecular weight excluding hydrogens is 286 g/mol. The monoisotopic (exact) mass is 303 g/mol. The second-order valence-corrected chi connectivity index (χ2v) is 6.99. The third-order valence-corrected chi connectivity index (χ3v) is 5.58. The third-order valence-electron chi connectivity index (χ3n) is 3.89. The Kier molecular flexibility index (Phi) is 4.35. The van der Waals surface area contributed by atoms with Gasteiger partial charge in [0.25, 0.3) is 0 Å². The molecule has 1 aliphatic heterocycles. The van der Waals surface area contributed by atoms with Crippen molar-refractivity contribution in [2.24, 2.45) is 5.73 Å². The molecule has 0 saturated carbocycles. The van der Waals surface area contributed by atoms with Gasteiger partial charge >= 0.3 is 0 Å². The van der Waals surface area contributed by atoms with Crippen molar-refractivity contribution in [3.8, 4) is 0 Å². The molecule has 0 amide bonds. The quantitative estimate of drug-likeness (QED) is 0.900. The van der Waals surface area contributed by atoms with Gasteiger partial charge in [-0.15, -0.1) is 11.8 Å². The van der Waals surface area contributed by atoms with Crippen molar-refractivity contribution in [3.05, 3.63) is 64.7 Å². The maximum absolute atomic E-state index is 6.31. The summed E-state index contributed by atoms with van der Waals surface area (Å²) in [5.41, 5.74) is 8.65. The summed E-state index contributed by atoms with van der Waals surface area (Å²) < 4.78 is 0. The lowest BCUT2D eigenvalue weighted by Crippen LogP contribution is -2.18. The molecule has 1 nitrogen and oxygen atoms in total.